The number of nitrogens with zero attached hydrogens (tertiary/aromatic N) is 2. The van der Waals surface area contributed by atoms with Gasteiger partial charge in [-0.15, -0.1) is 0 Å². The number of aryl methyl sites for hydroxylation is 2. The molecule has 0 aliphatic rings. The Kier molecular flexibility index (Phi) is 8.67. The predicted molar refractivity (Wildman–Crippen MR) is 91.7 cm³/mol. The van der Waals surface area contributed by atoms with E-state index in [4.69, 9.17) is 5.10 Å². The summed E-state index contributed by atoms with van der Waals surface area (Å²) in [4.78, 5) is 0. The summed E-state index contributed by atoms with van der Waals surface area (Å²) in [7, 11) is 0. The van der Waals surface area contributed by atoms with Crippen LogP contribution in [0, 0.1) is 5.92 Å². The molecule has 1 heterocycles. The minimum atomic E-state index is 0.698. The van der Waals surface area contributed by atoms with Crippen LogP contribution in [0.3, 0.4) is 0 Å². The molecule has 0 aliphatic heterocycles. The SMILES string of the molecule is CCCCCCn1nc(CC)c(CNCC(C)C)c1CC. The van der Waals surface area contributed by atoms with Crippen LogP contribution < -0.4 is 5.32 Å². The van der Waals surface area contributed by atoms with Crippen molar-refractivity contribution < 1.29 is 0 Å². The molecule has 21 heavy (non-hydrogen) atoms. The molecule has 0 saturated carbocycles. The molecule has 1 N–H and O–H groups in total. The second-order valence-electron chi connectivity index (χ2n) is 6.39. The number of rotatable bonds is 11. The Labute approximate surface area is 131 Å². The van der Waals surface area contributed by atoms with Crippen LogP contribution >= 0.6 is 0 Å². The molecule has 0 aromatic carbocycles. The monoisotopic (exact) mass is 293 g/mol. The fourth-order valence-electron chi connectivity index (χ4n) is 2.83. The van der Waals surface area contributed by atoms with E-state index >= 15 is 0 Å². The molecule has 0 aliphatic carbocycles. The van der Waals surface area contributed by atoms with Gasteiger partial charge in [0.1, 0.15) is 0 Å². The van der Waals surface area contributed by atoms with E-state index in [1.54, 1.807) is 0 Å². The van der Waals surface area contributed by atoms with Gasteiger partial charge in [0.2, 0.25) is 0 Å². The van der Waals surface area contributed by atoms with E-state index in [0.29, 0.717) is 5.92 Å². The van der Waals surface area contributed by atoms with E-state index in [9.17, 15) is 0 Å². The van der Waals surface area contributed by atoms with Crippen LogP contribution in [0.2, 0.25) is 0 Å². The Hall–Kier alpha value is -0.830. The molecule has 0 bridgehead atoms. The molecular formula is C18H35N3. The Balaban J connectivity index is 2.72. The lowest BCUT2D eigenvalue weighted by molar-refractivity contribution is 0.520. The topological polar surface area (TPSA) is 29.9 Å². The molecule has 0 radical (unpaired) electrons. The van der Waals surface area contributed by atoms with Crippen molar-refractivity contribution in [2.75, 3.05) is 6.54 Å². The van der Waals surface area contributed by atoms with Gasteiger partial charge < -0.3 is 5.32 Å². The number of nitrogens with one attached hydrogen (secondary N) is 1. The summed E-state index contributed by atoms with van der Waals surface area (Å²) < 4.78 is 2.28. The highest BCUT2D eigenvalue weighted by atomic mass is 15.3. The van der Waals surface area contributed by atoms with E-state index in [2.05, 4.69) is 44.6 Å². The van der Waals surface area contributed by atoms with Crippen LogP contribution in [-0.4, -0.2) is 16.3 Å². The molecule has 0 saturated heterocycles. The van der Waals surface area contributed by atoms with Crippen LogP contribution in [0.5, 0.6) is 0 Å². The molecule has 3 nitrogen and oxygen atoms in total. The lowest BCUT2D eigenvalue weighted by Crippen LogP contribution is -2.20. The van der Waals surface area contributed by atoms with Crippen molar-refractivity contribution >= 4 is 0 Å². The highest BCUT2D eigenvalue weighted by Crippen LogP contribution is 2.17. The molecular weight excluding hydrogens is 258 g/mol. The van der Waals surface area contributed by atoms with Crippen molar-refractivity contribution in [1.82, 2.24) is 15.1 Å². The van der Waals surface area contributed by atoms with Gasteiger partial charge in [-0.2, -0.15) is 5.10 Å². The largest absolute Gasteiger partial charge is 0.312 e. The third-order valence-corrected chi connectivity index (χ3v) is 4.00. The van der Waals surface area contributed by atoms with Crippen molar-refractivity contribution in [3.05, 3.63) is 17.0 Å². The lowest BCUT2D eigenvalue weighted by atomic mass is 10.1. The summed E-state index contributed by atoms with van der Waals surface area (Å²) in [6.45, 7) is 14.4. The Morgan fingerprint density at radius 2 is 1.81 bits per heavy atom. The molecule has 1 rings (SSSR count). The minimum absolute atomic E-state index is 0.698. The van der Waals surface area contributed by atoms with Gasteiger partial charge in [-0.3, -0.25) is 4.68 Å². The smallest absolute Gasteiger partial charge is 0.0669 e. The van der Waals surface area contributed by atoms with E-state index < -0.39 is 0 Å². The summed E-state index contributed by atoms with van der Waals surface area (Å²) >= 11 is 0. The zero-order chi connectivity index (χ0) is 15.7. The summed E-state index contributed by atoms with van der Waals surface area (Å²) in [5, 5.41) is 8.46. The van der Waals surface area contributed by atoms with Gasteiger partial charge in [-0.05, 0) is 31.7 Å². The van der Waals surface area contributed by atoms with Crippen molar-refractivity contribution in [3.63, 3.8) is 0 Å². The molecule has 122 valence electrons. The van der Waals surface area contributed by atoms with Gasteiger partial charge >= 0.3 is 0 Å². The third-order valence-electron chi connectivity index (χ3n) is 4.00. The van der Waals surface area contributed by atoms with E-state index in [0.717, 1.165) is 32.5 Å². The zero-order valence-electron chi connectivity index (χ0n) is 14.8. The van der Waals surface area contributed by atoms with Crippen molar-refractivity contribution in [2.45, 2.75) is 86.2 Å². The first kappa shape index (κ1) is 18.2. The molecule has 0 spiro atoms. The molecule has 1 aromatic rings. The highest BCUT2D eigenvalue weighted by molar-refractivity contribution is 5.26. The average Bonchev–Trinajstić information content (AvgIpc) is 2.80. The van der Waals surface area contributed by atoms with Gasteiger partial charge in [-0.25, -0.2) is 0 Å². The summed E-state index contributed by atoms with van der Waals surface area (Å²) in [5.74, 6) is 0.698. The molecule has 0 unspecified atom stereocenters. The van der Waals surface area contributed by atoms with Crippen LogP contribution in [0.4, 0.5) is 0 Å². The van der Waals surface area contributed by atoms with Crippen LogP contribution in [0.1, 0.15) is 77.3 Å². The van der Waals surface area contributed by atoms with E-state index in [1.807, 2.05) is 0 Å². The molecule has 0 atom stereocenters. The number of unbranched alkanes of at least 4 members (excludes halogenated alkanes) is 3. The summed E-state index contributed by atoms with van der Waals surface area (Å²) in [6.07, 6.45) is 7.33. The van der Waals surface area contributed by atoms with Crippen molar-refractivity contribution in [3.8, 4) is 0 Å². The van der Waals surface area contributed by atoms with Crippen LogP contribution in [0.25, 0.3) is 0 Å². The quantitative estimate of drug-likeness (QED) is 0.615. The van der Waals surface area contributed by atoms with E-state index in [-0.39, 0.29) is 0 Å². The first-order valence-corrected chi connectivity index (χ1v) is 8.92. The number of hydrogen-bond acceptors (Lipinski definition) is 2. The second-order valence-corrected chi connectivity index (χ2v) is 6.39. The van der Waals surface area contributed by atoms with Crippen LogP contribution in [-0.2, 0) is 25.9 Å². The predicted octanol–water partition coefficient (Wildman–Crippen LogP) is 4.33. The number of hydrogen-bond donors (Lipinski definition) is 1. The zero-order valence-corrected chi connectivity index (χ0v) is 14.8. The summed E-state index contributed by atoms with van der Waals surface area (Å²) in [5.41, 5.74) is 4.19. The minimum Gasteiger partial charge on any atom is -0.312 e. The Bertz CT molecular complexity index is 393. The highest BCUT2D eigenvalue weighted by Gasteiger charge is 2.14. The third kappa shape index (κ3) is 5.82. The van der Waals surface area contributed by atoms with Gasteiger partial charge in [0, 0.05) is 24.3 Å². The van der Waals surface area contributed by atoms with Crippen LogP contribution in [0.15, 0.2) is 0 Å². The standard InChI is InChI=1S/C18H35N3/c1-6-9-10-11-12-21-18(8-3)16(17(7-2)20-21)14-19-13-15(4)5/h15,19H,6-14H2,1-5H3. The first-order valence-electron chi connectivity index (χ1n) is 8.92. The normalized spacial score (nSPS) is 11.5. The molecule has 1 aromatic heterocycles. The fraction of sp³-hybridized carbons (Fsp3) is 0.833. The maximum absolute atomic E-state index is 4.87. The van der Waals surface area contributed by atoms with Gasteiger partial charge in [0.15, 0.2) is 0 Å². The maximum atomic E-state index is 4.87. The molecule has 0 amide bonds. The summed E-state index contributed by atoms with van der Waals surface area (Å²) in [6, 6.07) is 0. The fourth-order valence-corrected chi connectivity index (χ4v) is 2.83. The maximum Gasteiger partial charge on any atom is 0.0669 e. The first-order chi connectivity index (χ1) is 10.1. The van der Waals surface area contributed by atoms with Gasteiger partial charge in [0.05, 0.1) is 5.69 Å². The Morgan fingerprint density at radius 1 is 1.05 bits per heavy atom. The van der Waals surface area contributed by atoms with Crippen molar-refractivity contribution in [2.24, 2.45) is 5.92 Å². The Morgan fingerprint density at radius 3 is 2.38 bits per heavy atom. The number of aromatic nitrogens is 2. The molecule has 3 heteroatoms. The second kappa shape index (κ2) is 9.99. The van der Waals surface area contributed by atoms with Crippen molar-refractivity contribution in [1.29, 1.82) is 0 Å². The lowest BCUT2D eigenvalue weighted by Gasteiger charge is -2.10. The van der Waals surface area contributed by atoms with Gasteiger partial charge in [-0.1, -0.05) is 53.9 Å². The van der Waals surface area contributed by atoms with Gasteiger partial charge in [0.25, 0.3) is 0 Å². The van der Waals surface area contributed by atoms with E-state index in [1.165, 1.54) is 42.6 Å². The average molecular weight is 293 g/mol. The molecule has 0 fully saturated rings.